The predicted molar refractivity (Wildman–Crippen MR) is 83.3 cm³/mol. The standard InChI is InChI=1S/C17H18FN3O/c18-14-5-3-4-13(12-14)17(22)20-15-7-10-21(11-8-15)16-6-1-2-9-19-16/h1-6,9,12,15H,7-8,10-11H2,(H,20,22). The molecular formula is C17H18FN3O. The molecule has 0 bridgehead atoms. The average molecular weight is 299 g/mol. The number of carbonyl (C=O) groups is 1. The lowest BCUT2D eigenvalue weighted by molar-refractivity contribution is 0.0930. The maximum absolute atomic E-state index is 13.2. The second kappa shape index (κ2) is 6.56. The molecule has 0 unspecified atom stereocenters. The molecule has 1 fully saturated rings. The van der Waals surface area contributed by atoms with E-state index < -0.39 is 5.82 Å². The van der Waals surface area contributed by atoms with Gasteiger partial charge in [0.1, 0.15) is 11.6 Å². The molecule has 0 saturated carbocycles. The average Bonchev–Trinajstić information content (AvgIpc) is 2.56. The number of rotatable bonds is 3. The van der Waals surface area contributed by atoms with Crippen LogP contribution in [0.15, 0.2) is 48.7 Å². The van der Waals surface area contributed by atoms with Gasteiger partial charge in [0.05, 0.1) is 0 Å². The molecule has 1 saturated heterocycles. The van der Waals surface area contributed by atoms with Crippen LogP contribution in [0.4, 0.5) is 10.2 Å². The van der Waals surface area contributed by atoms with Crippen molar-refractivity contribution in [1.82, 2.24) is 10.3 Å². The Bertz CT molecular complexity index is 639. The summed E-state index contributed by atoms with van der Waals surface area (Å²) in [5, 5.41) is 2.98. The van der Waals surface area contributed by atoms with Crippen molar-refractivity contribution < 1.29 is 9.18 Å². The third-order valence-corrected chi connectivity index (χ3v) is 3.89. The predicted octanol–water partition coefficient (Wildman–Crippen LogP) is 2.62. The first-order valence-electron chi connectivity index (χ1n) is 7.45. The van der Waals surface area contributed by atoms with Crippen LogP contribution in [0.25, 0.3) is 0 Å². The normalized spacial score (nSPS) is 15.6. The van der Waals surface area contributed by atoms with E-state index in [0.29, 0.717) is 5.56 Å². The highest BCUT2D eigenvalue weighted by Crippen LogP contribution is 2.17. The fraction of sp³-hybridized carbons (Fsp3) is 0.294. The van der Waals surface area contributed by atoms with Crippen LogP contribution in [0, 0.1) is 5.82 Å². The molecule has 114 valence electrons. The van der Waals surface area contributed by atoms with Crippen molar-refractivity contribution in [1.29, 1.82) is 0 Å². The van der Waals surface area contributed by atoms with Gasteiger partial charge in [-0.25, -0.2) is 9.37 Å². The third kappa shape index (κ3) is 3.42. The molecule has 1 aromatic carbocycles. The van der Waals surface area contributed by atoms with Crippen LogP contribution in [0.1, 0.15) is 23.2 Å². The number of hydrogen-bond acceptors (Lipinski definition) is 3. The van der Waals surface area contributed by atoms with E-state index in [1.54, 1.807) is 18.3 Å². The van der Waals surface area contributed by atoms with E-state index in [1.165, 1.54) is 12.1 Å². The van der Waals surface area contributed by atoms with Crippen LogP contribution in [-0.4, -0.2) is 30.0 Å². The first-order valence-corrected chi connectivity index (χ1v) is 7.45. The molecular weight excluding hydrogens is 281 g/mol. The van der Waals surface area contributed by atoms with Gasteiger partial charge in [-0.3, -0.25) is 4.79 Å². The summed E-state index contributed by atoms with van der Waals surface area (Å²) in [4.78, 5) is 18.7. The van der Waals surface area contributed by atoms with Gasteiger partial charge < -0.3 is 10.2 Å². The fourth-order valence-electron chi connectivity index (χ4n) is 2.69. The molecule has 4 nitrogen and oxygen atoms in total. The Labute approximate surface area is 129 Å². The zero-order chi connectivity index (χ0) is 15.4. The minimum Gasteiger partial charge on any atom is -0.356 e. The Morgan fingerprint density at radius 3 is 2.68 bits per heavy atom. The highest BCUT2D eigenvalue weighted by molar-refractivity contribution is 5.94. The van der Waals surface area contributed by atoms with Crippen molar-refractivity contribution in [2.24, 2.45) is 0 Å². The van der Waals surface area contributed by atoms with E-state index in [-0.39, 0.29) is 11.9 Å². The molecule has 1 aromatic heterocycles. The summed E-state index contributed by atoms with van der Waals surface area (Å²) in [6, 6.07) is 11.8. The Morgan fingerprint density at radius 2 is 2.00 bits per heavy atom. The molecule has 0 spiro atoms. The minimum absolute atomic E-state index is 0.121. The van der Waals surface area contributed by atoms with E-state index >= 15 is 0 Å². The number of piperidine rings is 1. The van der Waals surface area contributed by atoms with Crippen molar-refractivity contribution in [3.63, 3.8) is 0 Å². The maximum Gasteiger partial charge on any atom is 0.251 e. The van der Waals surface area contributed by atoms with E-state index in [4.69, 9.17) is 0 Å². The number of nitrogens with zero attached hydrogens (tertiary/aromatic N) is 2. The Hall–Kier alpha value is -2.43. The maximum atomic E-state index is 13.2. The smallest absolute Gasteiger partial charge is 0.251 e. The molecule has 2 aromatic rings. The highest BCUT2D eigenvalue weighted by atomic mass is 19.1. The minimum atomic E-state index is -0.391. The summed E-state index contributed by atoms with van der Waals surface area (Å²) >= 11 is 0. The summed E-state index contributed by atoms with van der Waals surface area (Å²) in [6.07, 6.45) is 3.50. The third-order valence-electron chi connectivity index (χ3n) is 3.89. The van der Waals surface area contributed by atoms with Gasteiger partial charge in [0, 0.05) is 30.9 Å². The monoisotopic (exact) mass is 299 g/mol. The van der Waals surface area contributed by atoms with E-state index in [2.05, 4.69) is 15.2 Å². The summed E-state index contributed by atoms with van der Waals surface area (Å²) < 4.78 is 13.2. The second-order valence-electron chi connectivity index (χ2n) is 5.43. The van der Waals surface area contributed by atoms with Crippen LogP contribution in [-0.2, 0) is 0 Å². The first kappa shape index (κ1) is 14.5. The van der Waals surface area contributed by atoms with Gasteiger partial charge in [-0.2, -0.15) is 0 Å². The van der Waals surface area contributed by atoms with E-state index in [0.717, 1.165) is 31.7 Å². The molecule has 1 aliphatic heterocycles. The second-order valence-corrected chi connectivity index (χ2v) is 5.43. The molecule has 1 N–H and O–H groups in total. The molecule has 2 heterocycles. The first-order chi connectivity index (χ1) is 10.7. The fourth-order valence-corrected chi connectivity index (χ4v) is 2.69. The topological polar surface area (TPSA) is 45.2 Å². The van der Waals surface area contributed by atoms with Crippen molar-refractivity contribution in [2.75, 3.05) is 18.0 Å². The number of carbonyl (C=O) groups excluding carboxylic acids is 1. The zero-order valence-electron chi connectivity index (χ0n) is 12.2. The number of amides is 1. The van der Waals surface area contributed by atoms with Gasteiger partial charge in [-0.1, -0.05) is 12.1 Å². The quantitative estimate of drug-likeness (QED) is 0.947. The van der Waals surface area contributed by atoms with Crippen LogP contribution in [0.3, 0.4) is 0 Å². The lowest BCUT2D eigenvalue weighted by Gasteiger charge is -2.33. The SMILES string of the molecule is O=C(NC1CCN(c2ccccn2)CC1)c1cccc(F)c1. The van der Waals surface area contributed by atoms with Gasteiger partial charge >= 0.3 is 0 Å². The van der Waals surface area contributed by atoms with E-state index in [9.17, 15) is 9.18 Å². The van der Waals surface area contributed by atoms with E-state index in [1.807, 2.05) is 18.2 Å². The highest BCUT2D eigenvalue weighted by Gasteiger charge is 2.21. The van der Waals surface area contributed by atoms with Crippen molar-refractivity contribution >= 4 is 11.7 Å². The summed E-state index contributed by atoms with van der Waals surface area (Å²) in [5.41, 5.74) is 0.368. The number of hydrogen-bond donors (Lipinski definition) is 1. The molecule has 0 radical (unpaired) electrons. The van der Waals surface area contributed by atoms with Gasteiger partial charge in [-0.15, -0.1) is 0 Å². The summed E-state index contributed by atoms with van der Waals surface area (Å²) in [5.74, 6) is 0.366. The number of anilines is 1. The van der Waals surface area contributed by atoms with Gasteiger partial charge in [-0.05, 0) is 43.2 Å². The summed E-state index contributed by atoms with van der Waals surface area (Å²) in [7, 11) is 0. The number of halogens is 1. The van der Waals surface area contributed by atoms with Crippen molar-refractivity contribution in [2.45, 2.75) is 18.9 Å². The molecule has 3 rings (SSSR count). The molecule has 1 aliphatic rings. The number of benzene rings is 1. The Balaban J connectivity index is 1.55. The molecule has 1 amide bonds. The van der Waals surface area contributed by atoms with Gasteiger partial charge in [0.25, 0.3) is 5.91 Å². The molecule has 0 atom stereocenters. The van der Waals surface area contributed by atoms with Crippen molar-refractivity contribution in [3.05, 3.63) is 60.0 Å². The lowest BCUT2D eigenvalue weighted by atomic mass is 10.0. The zero-order valence-corrected chi connectivity index (χ0v) is 12.2. The molecule has 5 heteroatoms. The number of aromatic nitrogens is 1. The van der Waals surface area contributed by atoms with Crippen LogP contribution in [0.2, 0.25) is 0 Å². The van der Waals surface area contributed by atoms with Crippen molar-refractivity contribution in [3.8, 4) is 0 Å². The number of pyridine rings is 1. The summed E-state index contributed by atoms with van der Waals surface area (Å²) in [6.45, 7) is 1.70. The largest absolute Gasteiger partial charge is 0.356 e. The van der Waals surface area contributed by atoms with Gasteiger partial charge in [0.15, 0.2) is 0 Å². The lowest BCUT2D eigenvalue weighted by Crippen LogP contribution is -2.45. The molecule has 0 aliphatic carbocycles. The number of nitrogens with one attached hydrogen (secondary N) is 1. The Morgan fingerprint density at radius 1 is 1.18 bits per heavy atom. The Kier molecular flexibility index (Phi) is 4.32. The van der Waals surface area contributed by atoms with Gasteiger partial charge in [0.2, 0.25) is 0 Å². The van der Waals surface area contributed by atoms with Crippen LogP contribution in [0.5, 0.6) is 0 Å². The molecule has 22 heavy (non-hydrogen) atoms. The van der Waals surface area contributed by atoms with Crippen LogP contribution < -0.4 is 10.2 Å². The van der Waals surface area contributed by atoms with Crippen LogP contribution >= 0.6 is 0 Å².